The minimum absolute atomic E-state index is 0.0367. The van der Waals surface area contributed by atoms with E-state index in [1.54, 1.807) is 19.3 Å². The van der Waals surface area contributed by atoms with Crippen molar-refractivity contribution in [2.75, 3.05) is 13.6 Å². The zero-order valence-electron chi connectivity index (χ0n) is 16.2. The van der Waals surface area contributed by atoms with Gasteiger partial charge >= 0.3 is 0 Å². The molecule has 0 spiro atoms. The van der Waals surface area contributed by atoms with E-state index in [0.717, 1.165) is 36.2 Å². The minimum Gasteiger partial charge on any atom is -0.292 e. The maximum atomic E-state index is 13.4. The highest BCUT2D eigenvalue weighted by molar-refractivity contribution is 6.06. The lowest BCUT2D eigenvalue weighted by Crippen LogP contribution is -2.39. The quantitative estimate of drug-likeness (QED) is 0.755. The van der Waals surface area contributed by atoms with Crippen LogP contribution in [0.5, 0.6) is 0 Å². The molecule has 4 heterocycles. The molecule has 0 saturated carbocycles. The van der Waals surface area contributed by atoms with Gasteiger partial charge in [-0.2, -0.15) is 0 Å². The molecule has 148 valence electrons. The van der Waals surface area contributed by atoms with Crippen molar-refractivity contribution in [3.8, 4) is 11.1 Å². The summed E-state index contributed by atoms with van der Waals surface area (Å²) in [4.78, 5) is 33.3. The smallest absolute Gasteiger partial charge is 0.234 e. The highest BCUT2D eigenvalue weighted by atomic mass is 19.1. The second kappa shape index (κ2) is 6.88. The molecule has 0 bridgehead atoms. The van der Waals surface area contributed by atoms with Crippen LogP contribution in [-0.2, 0) is 9.59 Å². The lowest BCUT2D eigenvalue weighted by Gasteiger charge is -2.25. The van der Waals surface area contributed by atoms with E-state index >= 15 is 0 Å². The zero-order valence-corrected chi connectivity index (χ0v) is 16.2. The van der Waals surface area contributed by atoms with Gasteiger partial charge in [0.05, 0.1) is 17.5 Å². The molecule has 6 heteroatoms. The average molecular weight is 391 g/mol. The molecule has 1 aromatic carbocycles. The fourth-order valence-corrected chi connectivity index (χ4v) is 5.17. The van der Waals surface area contributed by atoms with Crippen molar-refractivity contribution in [2.24, 2.45) is 11.8 Å². The Hall–Kier alpha value is -2.86. The molecule has 1 aromatic heterocycles. The Morgan fingerprint density at radius 1 is 1.10 bits per heavy atom. The predicted octanol–water partition coefficient (Wildman–Crippen LogP) is 2.98. The average Bonchev–Trinajstić information content (AvgIpc) is 3.37. The summed E-state index contributed by atoms with van der Waals surface area (Å²) in [6.07, 6.45) is 7.71. The van der Waals surface area contributed by atoms with Gasteiger partial charge in [0.2, 0.25) is 11.8 Å². The lowest BCUT2D eigenvalue weighted by molar-refractivity contribution is -0.139. The van der Waals surface area contributed by atoms with E-state index in [2.05, 4.69) is 9.88 Å². The molecule has 3 aliphatic heterocycles. The molecular formula is C23H22FN3O2. The van der Waals surface area contributed by atoms with Gasteiger partial charge in [-0.25, -0.2) is 4.39 Å². The number of nitrogens with zero attached hydrogens (tertiary/aromatic N) is 3. The Kier molecular flexibility index (Phi) is 4.32. The monoisotopic (exact) mass is 391 g/mol. The van der Waals surface area contributed by atoms with Crippen LogP contribution in [0.2, 0.25) is 0 Å². The van der Waals surface area contributed by atoms with Crippen molar-refractivity contribution < 1.29 is 14.0 Å². The number of hydrogen-bond acceptors (Lipinski definition) is 4. The molecule has 29 heavy (non-hydrogen) atoms. The van der Waals surface area contributed by atoms with Gasteiger partial charge < -0.3 is 0 Å². The molecule has 3 aliphatic rings. The van der Waals surface area contributed by atoms with Crippen molar-refractivity contribution in [1.29, 1.82) is 0 Å². The van der Waals surface area contributed by atoms with Gasteiger partial charge in [0.15, 0.2) is 0 Å². The third kappa shape index (κ3) is 2.90. The number of benzene rings is 1. The fourth-order valence-electron chi connectivity index (χ4n) is 5.17. The zero-order chi connectivity index (χ0) is 20.1. The molecule has 0 N–H and O–H groups in total. The van der Waals surface area contributed by atoms with Crippen LogP contribution in [0.1, 0.15) is 18.5 Å². The van der Waals surface area contributed by atoms with Gasteiger partial charge in [-0.1, -0.05) is 24.3 Å². The topological polar surface area (TPSA) is 53.5 Å². The molecule has 5 rings (SSSR count). The largest absolute Gasteiger partial charge is 0.292 e. The summed E-state index contributed by atoms with van der Waals surface area (Å²) in [5.41, 5.74) is 2.40. The van der Waals surface area contributed by atoms with E-state index in [9.17, 15) is 14.0 Å². The van der Waals surface area contributed by atoms with E-state index in [0.29, 0.717) is 0 Å². The lowest BCUT2D eigenvalue weighted by atomic mass is 9.87. The standard InChI is InChI=1S/C23H22FN3O2/c1-26-22(28)20-18-6-3-11-27(18)19(21(20)23(26)29)10-9-17-8-7-15(13-25-17)14-4-2-5-16(24)12-14/h2,4-5,7-10,12-13,18-21H,3,6,11H2,1H3. The molecule has 2 aromatic rings. The first-order valence-electron chi connectivity index (χ1n) is 10.0. The van der Waals surface area contributed by atoms with Crippen molar-refractivity contribution in [3.63, 3.8) is 0 Å². The Labute approximate surface area is 168 Å². The van der Waals surface area contributed by atoms with Gasteiger partial charge in [0.25, 0.3) is 0 Å². The first kappa shape index (κ1) is 18.2. The summed E-state index contributed by atoms with van der Waals surface area (Å²) in [7, 11) is 1.59. The number of hydrogen-bond donors (Lipinski definition) is 0. The number of aromatic nitrogens is 1. The number of imide groups is 1. The Bertz CT molecular complexity index is 1000. The molecule has 0 radical (unpaired) electrons. The number of carbonyl (C=O) groups is 2. The highest BCUT2D eigenvalue weighted by Crippen LogP contribution is 2.46. The number of likely N-dealkylation sites (tertiary alicyclic amines) is 1. The minimum atomic E-state index is -0.291. The summed E-state index contributed by atoms with van der Waals surface area (Å²) >= 11 is 0. The Morgan fingerprint density at radius 3 is 2.69 bits per heavy atom. The van der Waals surface area contributed by atoms with Gasteiger partial charge in [0, 0.05) is 30.9 Å². The second-order valence-electron chi connectivity index (χ2n) is 8.07. The summed E-state index contributed by atoms with van der Waals surface area (Å²) in [6.45, 7) is 0.920. The maximum absolute atomic E-state index is 13.4. The number of carbonyl (C=O) groups excluding carboxylic acids is 2. The van der Waals surface area contributed by atoms with Gasteiger partial charge in [0.1, 0.15) is 5.82 Å². The molecule has 0 aliphatic carbocycles. The molecular weight excluding hydrogens is 369 g/mol. The highest BCUT2D eigenvalue weighted by Gasteiger charge is 2.61. The number of pyridine rings is 1. The Balaban J connectivity index is 1.39. The van der Waals surface area contributed by atoms with Crippen LogP contribution in [0.25, 0.3) is 17.2 Å². The van der Waals surface area contributed by atoms with E-state index in [1.165, 1.54) is 17.0 Å². The molecule has 2 amide bonds. The van der Waals surface area contributed by atoms with E-state index in [-0.39, 0.29) is 41.6 Å². The van der Waals surface area contributed by atoms with Crippen LogP contribution in [0.3, 0.4) is 0 Å². The Morgan fingerprint density at radius 2 is 1.93 bits per heavy atom. The summed E-state index contributed by atoms with van der Waals surface area (Å²) < 4.78 is 13.4. The van der Waals surface area contributed by atoms with Crippen LogP contribution >= 0.6 is 0 Å². The molecule has 3 fully saturated rings. The first-order chi connectivity index (χ1) is 14.0. The van der Waals surface area contributed by atoms with Crippen molar-refractivity contribution in [1.82, 2.24) is 14.8 Å². The van der Waals surface area contributed by atoms with Gasteiger partial charge in [-0.05, 0) is 49.2 Å². The fraction of sp³-hybridized carbons (Fsp3) is 0.348. The SMILES string of the molecule is CN1C(=O)C2C(C1=O)C1CCCN1C2C=Cc1ccc(-c2cccc(F)c2)cn1. The summed E-state index contributed by atoms with van der Waals surface area (Å²) in [5, 5.41) is 0. The number of fused-ring (bicyclic) bond motifs is 3. The van der Waals surface area contributed by atoms with Crippen LogP contribution in [-0.4, -0.2) is 52.3 Å². The number of rotatable bonds is 3. The van der Waals surface area contributed by atoms with E-state index in [4.69, 9.17) is 0 Å². The molecule has 4 atom stereocenters. The number of amides is 2. The van der Waals surface area contributed by atoms with Crippen molar-refractivity contribution in [3.05, 3.63) is 60.2 Å². The van der Waals surface area contributed by atoms with Crippen LogP contribution in [0.4, 0.5) is 4.39 Å². The molecule has 4 unspecified atom stereocenters. The van der Waals surface area contributed by atoms with E-state index in [1.807, 2.05) is 30.4 Å². The summed E-state index contributed by atoms with van der Waals surface area (Å²) in [6, 6.07) is 10.3. The summed E-state index contributed by atoms with van der Waals surface area (Å²) in [5.74, 6) is -0.888. The van der Waals surface area contributed by atoms with Gasteiger partial charge in [-0.3, -0.25) is 24.4 Å². The van der Waals surface area contributed by atoms with Crippen LogP contribution in [0.15, 0.2) is 48.7 Å². The molecule has 3 saturated heterocycles. The number of halogens is 1. The van der Waals surface area contributed by atoms with E-state index < -0.39 is 0 Å². The van der Waals surface area contributed by atoms with Gasteiger partial charge in [-0.15, -0.1) is 0 Å². The maximum Gasteiger partial charge on any atom is 0.234 e. The van der Waals surface area contributed by atoms with Crippen LogP contribution in [0, 0.1) is 17.7 Å². The third-order valence-electron chi connectivity index (χ3n) is 6.53. The van der Waals surface area contributed by atoms with Crippen molar-refractivity contribution >= 4 is 17.9 Å². The first-order valence-corrected chi connectivity index (χ1v) is 10.0. The van der Waals surface area contributed by atoms with Crippen LogP contribution < -0.4 is 0 Å². The predicted molar refractivity (Wildman–Crippen MR) is 107 cm³/mol. The third-order valence-corrected chi connectivity index (χ3v) is 6.53. The molecule has 5 nitrogen and oxygen atoms in total. The normalized spacial score (nSPS) is 29.1. The van der Waals surface area contributed by atoms with Crippen molar-refractivity contribution in [2.45, 2.75) is 24.9 Å². The second-order valence-corrected chi connectivity index (χ2v) is 8.07.